The fourth-order valence-corrected chi connectivity index (χ4v) is 1.28. The van der Waals surface area contributed by atoms with Gasteiger partial charge in [0.05, 0.1) is 12.0 Å². The topological polar surface area (TPSA) is 43.8 Å². The van der Waals surface area contributed by atoms with Gasteiger partial charge < -0.3 is 10.3 Å². The Kier molecular flexibility index (Phi) is 3.89. The summed E-state index contributed by atoms with van der Waals surface area (Å²) in [5.74, 6) is 0. The van der Waals surface area contributed by atoms with Crippen molar-refractivity contribution in [1.29, 1.82) is 0 Å². The molecule has 78 valence electrons. The van der Waals surface area contributed by atoms with Crippen molar-refractivity contribution in [2.75, 3.05) is 0 Å². The molecule has 0 saturated heterocycles. The van der Waals surface area contributed by atoms with Gasteiger partial charge in [0.1, 0.15) is 0 Å². The number of nitrogens with zero attached hydrogens (tertiary/aromatic N) is 2. The van der Waals surface area contributed by atoms with Crippen LogP contribution < -0.4 is 5.73 Å². The molecular formula is C11H19N3. The van der Waals surface area contributed by atoms with Crippen molar-refractivity contribution in [1.82, 2.24) is 9.55 Å². The predicted molar refractivity (Wildman–Crippen MR) is 58.9 cm³/mol. The standard InChI is InChI=1S/C11H19N3/c1-4-10(12)11-7-13-8-14(11)6-5-9(2)3/h5,7-8,10H,4,6,12H2,1-3H3/t10-/m1/s1. The molecule has 0 aliphatic rings. The zero-order valence-corrected chi connectivity index (χ0v) is 9.20. The largest absolute Gasteiger partial charge is 0.329 e. The molecule has 1 rings (SSSR count). The molecule has 0 radical (unpaired) electrons. The van der Waals surface area contributed by atoms with Gasteiger partial charge in [-0.3, -0.25) is 0 Å². The minimum Gasteiger partial charge on any atom is -0.329 e. The molecule has 1 aromatic rings. The van der Waals surface area contributed by atoms with Crippen LogP contribution in [0.5, 0.6) is 0 Å². The van der Waals surface area contributed by atoms with Crippen LogP contribution in [0.25, 0.3) is 0 Å². The van der Waals surface area contributed by atoms with Crippen molar-refractivity contribution in [3.05, 3.63) is 29.9 Å². The van der Waals surface area contributed by atoms with Gasteiger partial charge in [0, 0.05) is 18.8 Å². The van der Waals surface area contributed by atoms with Gasteiger partial charge in [-0.05, 0) is 20.3 Å². The van der Waals surface area contributed by atoms with Crippen LogP contribution in [0.3, 0.4) is 0 Å². The number of rotatable bonds is 4. The van der Waals surface area contributed by atoms with E-state index in [-0.39, 0.29) is 6.04 Å². The van der Waals surface area contributed by atoms with Crippen LogP contribution in [-0.4, -0.2) is 9.55 Å². The van der Waals surface area contributed by atoms with Gasteiger partial charge in [-0.2, -0.15) is 0 Å². The van der Waals surface area contributed by atoms with E-state index in [1.165, 1.54) is 5.57 Å². The Morgan fingerprint density at radius 3 is 2.93 bits per heavy atom. The molecule has 0 unspecified atom stereocenters. The molecule has 1 heterocycles. The lowest BCUT2D eigenvalue weighted by molar-refractivity contribution is 0.622. The van der Waals surface area contributed by atoms with Crippen LogP contribution in [0.15, 0.2) is 24.2 Å². The summed E-state index contributed by atoms with van der Waals surface area (Å²) in [6.45, 7) is 7.14. The number of allylic oxidation sites excluding steroid dienone is 2. The molecule has 3 heteroatoms. The van der Waals surface area contributed by atoms with E-state index >= 15 is 0 Å². The molecule has 0 fully saturated rings. The van der Waals surface area contributed by atoms with E-state index in [0.29, 0.717) is 0 Å². The maximum absolute atomic E-state index is 5.96. The van der Waals surface area contributed by atoms with E-state index in [1.807, 2.05) is 12.5 Å². The van der Waals surface area contributed by atoms with Crippen LogP contribution in [0.1, 0.15) is 38.9 Å². The van der Waals surface area contributed by atoms with Gasteiger partial charge in [-0.15, -0.1) is 0 Å². The Hall–Kier alpha value is -1.09. The molecule has 0 spiro atoms. The fraction of sp³-hybridized carbons (Fsp3) is 0.545. The van der Waals surface area contributed by atoms with Gasteiger partial charge >= 0.3 is 0 Å². The Morgan fingerprint density at radius 1 is 1.64 bits per heavy atom. The zero-order valence-electron chi connectivity index (χ0n) is 9.20. The number of hydrogen-bond donors (Lipinski definition) is 1. The number of hydrogen-bond acceptors (Lipinski definition) is 2. The minimum atomic E-state index is 0.100. The highest BCUT2D eigenvalue weighted by molar-refractivity contribution is 5.06. The molecule has 1 aromatic heterocycles. The van der Waals surface area contributed by atoms with E-state index in [1.54, 1.807) is 0 Å². The van der Waals surface area contributed by atoms with Crippen LogP contribution >= 0.6 is 0 Å². The lowest BCUT2D eigenvalue weighted by Crippen LogP contribution is -2.13. The number of aromatic nitrogens is 2. The monoisotopic (exact) mass is 193 g/mol. The highest BCUT2D eigenvalue weighted by atomic mass is 15.1. The first kappa shape index (κ1) is 11.0. The normalized spacial score (nSPS) is 12.6. The van der Waals surface area contributed by atoms with Crippen LogP contribution in [0.4, 0.5) is 0 Å². The summed E-state index contributed by atoms with van der Waals surface area (Å²) in [7, 11) is 0. The van der Waals surface area contributed by atoms with Crippen LogP contribution in [0.2, 0.25) is 0 Å². The molecule has 2 N–H and O–H groups in total. The fourth-order valence-electron chi connectivity index (χ4n) is 1.28. The SMILES string of the molecule is CC[C@@H](N)c1cncn1CC=C(C)C. The Balaban J connectivity index is 2.77. The molecule has 0 aliphatic carbocycles. The predicted octanol–water partition coefficient (Wildman–Crippen LogP) is 2.26. The third kappa shape index (κ3) is 2.70. The van der Waals surface area contributed by atoms with Gasteiger partial charge in [0.15, 0.2) is 0 Å². The molecule has 0 aromatic carbocycles. The summed E-state index contributed by atoms with van der Waals surface area (Å²) < 4.78 is 2.10. The van der Waals surface area contributed by atoms with Crippen LogP contribution in [-0.2, 0) is 6.54 Å². The lowest BCUT2D eigenvalue weighted by atomic mass is 10.2. The third-order valence-corrected chi connectivity index (χ3v) is 2.26. The molecular weight excluding hydrogens is 174 g/mol. The summed E-state index contributed by atoms with van der Waals surface area (Å²) in [5, 5.41) is 0. The van der Waals surface area contributed by atoms with Crippen molar-refractivity contribution in [2.24, 2.45) is 5.73 Å². The smallest absolute Gasteiger partial charge is 0.0951 e. The van der Waals surface area contributed by atoms with Crippen molar-refractivity contribution >= 4 is 0 Å². The average Bonchev–Trinajstić information content (AvgIpc) is 2.61. The number of imidazole rings is 1. The second kappa shape index (κ2) is 4.96. The second-order valence-electron chi connectivity index (χ2n) is 3.77. The Labute approximate surface area is 85.6 Å². The molecule has 0 aliphatic heterocycles. The summed E-state index contributed by atoms with van der Waals surface area (Å²) in [4.78, 5) is 4.12. The molecule has 0 amide bonds. The summed E-state index contributed by atoms with van der Waals surface area (Å²) in [5.41, 5.74) is 8.39. The Morgan fingerprint density at radius 2 is 2.36 bits per heavy atom. The Bertz CT molecular complexity index is 308. The van der Waals surface area contributed by atoms with Crippen molar-refractivity contribution in [3.8, 4) is 0 Å². The van der Waals surface area contributed by atoms with E-state index < -0.39 is 0 Å². The molecule has 1 atom stereocenters. The summed E-state index contributed by atoms with van der Waals surface area (Å²) in [6.07, 6.45) is 6.81. The summed E-state index contributed by atoms with van der Waals surface area (Å²) >= 11 is 0. The highest BCUT2D eigenvalue weighted by Gasteiger charge is 2.07. The maximum Gasteiger partial charge on any atom is 0.0951 e. The van der Waals surface area contributed by atoms with E-state index in [2.05, 4.69) is 36.4 Å². The minimum absolute atomic E-state index is 0.100. The van der Waals surface area contributed by atoms with Gasteiger partial charge in [0.2, 0.25) is 0 Å². The first-order valence-electron chi connectivity index (χ1n) is 5.04. The zero-order chi connectivity index (χ0) is 10.6. The first-order chi connectivity index (χ1) is 6.65. The van der Waals surface area contributed by atoms with E-state index in [9.17, 15) is 0 Å². The second-order valence-corrected chi connectivity index (χ2v) is 3.77. The average molecular weight is 193 g/mol. The molecule has 0 saturated carbocycles. The van der Waals surface area contributed by atoms with E-state index in [4.69, 9.17) is 5.73 Å². The molecule has 14 heavy (non-hydrogen) atoms. The molecule has 3 nitrogen and oxygen atoms in total. The maximum atomic E-state index is 5.96. The quantitative estimate of drug-likeness (QED) is 0.745. The summed E-state index contributed by atoms with van der Waals surface area (Å²) in [6, 6.07) is 0.100. The number of nitrogens with two attached hydrogens (primary N) is 1. The van der Waals surface area contributed by atoms with Crippen molar-refractivity contribution < 1.29 is 0 Å². The lowest BCUT2D eigenvalue weighted by Gasteiger charge is -2.11. The van der Waals surface area contributed by atoms with Crippen molar-refractivity contribution in [2.45, 2.75) is 39.8 Å². The van der Waals surface area contributed by atoms with Crippen LogP contribution in [0, 0.1) is 0 Å². The van der Waals surface area contributed by atoms with Gasteiger partial charge in [-0.1, -0.05) is 18.6 Å². The third-order valence-electron chi connectivity index (χ3n) is 2.26. The van der Waals surface area contributed by atoms with E-state index in [0.717, 1.165) is 18.7 Å². The van der Waals surface area contributed by atoms with Crippen molar-refractivity contribution in [3.63, 3.8) is 0 Å². The first-order valence-corrected chi connectivity index (χ1v) is 5.04. The highest BCUT2D eigenvalue weighted by Crippen LogP contribution is 2.12. The van der Waals surface area contributed by atoms with Gasteiger partial charge in [-0.25, -0.2) is 4.98 Å². The van der Waals surface area contributed by atoms with Gasteiger partial charge in [0.25, 0.3) is 0 Å². The molecule has 0 bridgehead atoms.